The molecule has 0 saturated heterocycles. The van der Waals surface area contributed by atoms with Gasteiger partial charge in [0.05, 0.1) is 16.3 Å². The van der Waals surface area contributed by atoms with Crippen LogP contribution in [0.3, 0.4) is 0 Å². The van der Waals surface area contributed by atoms with Gasteiger partial charge in [0.1, 0.15) is 17.3 Å². The third-order valence-corrected chi connectivity index (χ3v) is 5.65. The zero-order chi connectivity index (χ0) is 18.5. The van der Waals surface area contributed by atoms with Crippen LogP contribution in [0.25, 0.3) is 10.8 Å². The van der Waals surface area contributed by atoms with Crippen molar-refractivity contribution in [3.05, 3.63) is 64.6 Å². The fourth-order valence-electron chi connectivity index (χ4n) is 2.27. The molecular weight excluding hydrogens is 375 g/mol. The lowest BCUT2D eigenvalue weighted by atomic mass is 10.2. The zero-order valence-corrected chi connectivity index (χ0v) is 15.7. The Balaban J connectivity index is 1.52. The van der Waals surface area contributed by atoms with E-state index in [2.05, 4.69) is 10.3 Å². The van der Waals surface area contributed by atoms with Crippen LogP contribution in [-0.4, -0.2) is 20.9 Å². The van der Waals surface area contributed by atoms with Crippen molar-refractivity contribution in [3.63, 3.8) is 0 Å². The molecule has 0 saturated carbocycles. The first kappa shape index (κ1) is 18.5. The highest BCUT2D eigenvalue weighted by molar-refractivity contribution is 7.84. The summed E-state index contributed by atoms with van der Waals surface area (Å²) in [5.74, 6) is 0.490. The minimum absolute atomic E-state index is 0.123. The third kappa shape index (κ3) is 4.86. The molecule has 0 fully saturated rings. The van der Waals surface area contributed by atoms with Crippen molar-refractivity contribution >= 4 is 28.0 Å². The van der Waals surface area contributed by atoms with E-state index in [9.17, 15) is 13.4 Å². The molecule has 1 aromatic carbocycles. The van der Waals surface area contributed by atoms with Gasteiger partial charge in [-0.15, -0.1) is 11.3 Å². The molecule has 1 amide bonds. The van der Waals surface area contributed by atoms with Crippen molar-refractivity contribution in [2.45, 2.75) is 19.2 Å². The highest BCUT2D eigenvalue weighted by Gasteiger charge is 2.16. The van der Waals surface area contributed by atoms with E-state index in [4.69, 9.17) is 4.42 Å². The van der Waals surface area contributed by atoms with E-state index in [-0.39, 0.29) is 29.8 Å². The second-order valence-corrected chi connectivity index (χ2v) is 8.04. The molecule has 26 heavy (non-hydrogen) atoms. The Bertz CT molecular complexity index is 905. The summed E-state index contributed by atoms with van der Waals surface area (Å²) in [5, 5.41) is 4.61. The molecule has 0 radical (unpaired) electrons. The summed E-state index contributed by atoms with van der Waals surface area (Å²) in [6.07, 6.45) is 0. The number of halogens is 1. The Morgan fingerprint density at radius 2 is 2.08 bits per heavy atom. The maximum Gasteiger partial charge on any atom is 0.236 e. The van der Waals surface area contributed by atoms with Crippen molar-refractivity contribution in [2.75, 3.05) is 5.75 Å². The molecule has 2 heterocycles. The van der Waals surface area contributed by atoms with Gasteiger partial charge in [-0.25, -0.2) is 9.37 Å². The number of carbonyl (C=O) groups excluding carboxylic acids is 1. The molecule has 1 N–H and O–H groups in total. The number of thiophene rings is 1. The number of aromatic nitrogens is 1. The Kier molecular flexibility index (Phi) is 5.95. The summed E-state index contributed by atoms with van der Waals surface area (Å²) >= 11 is 1.51. The molecular formula is C18H17FN2O3S2. The van der Waals surface area contributed by atoms with Crippen LogP contribution in [0.4, 0.5) is 4.39 Å². The largest absolute Gasteiger partial charge is 0.440 e. The fourth-order valence-corrected chi connectivity index (χ4v) is 3.99. The number of amides is 1. The van der Waals surface area contributed by atoms with Gasteiger partial charge in [-0.2, -0.15) is 0 Å². The van der Waals surface area contributed by atoms with Crippen molar-refractivity contribution < 1.29 is 17.8 Å². The monoisotopic (exact) mass is 392 g/mol. The standard InChI is InChI=1S/C18H17FN2O3S2/c1-12-15(21-18(24-12)16-3-2-8-25-16)10-26(23)11-17(22)20-9-13-4-6-14(19)7-5-13/h2-8H,9-11H2,1H3,(H,20,22)/t26-/m1/s1. The van der Waals surface area contributed by atoms with Crippen molar-refractivity contribution in [1.29, 1.82) is 0 Å². The number of nitrogens with zero attached hydrogens (tertiary/aromatic N) is 1. The molecule has 0 unspecified atom stereocenters. The van der Waals surface area contributed by atoms with E-state index in [1.165, 1.54) is 23.5 Å². The summed E-state index contributed by atoms with van der Waals surface area (Å²) in [4.78, 5) is 17.2. The average molecular weight is 392 g/mol. The van der Waals surface area contributed by atoms with Crippen LogP contribution in [0.5, 0.6) is 0 Å². The lowest BCUT2D eigenvalue weighted by Crippen LogP contribution is -2.28. The van der Waals surface area contributed by atoms with Crippen LogP contribution in [0.2, 0.25) is 0 Å². The van der Waals surface area contributed by atoms with Gasteiger partial charge < -0.3 is 9.73 Å². The molecule has 0 aliphatic heterocycles. The quantitative estimate of drug-likeness (QED) is 0.669. The lowest BCUT2D eigenvalue weighted by molar-refractivity contribution is -0.118. The minimum atomic E-state index is -1.40. The summed E-state index contributed by atoms with van der Waals surface area (Å²) in [7, 11) is -1.40. The molecule has 0 aliphatic carbocycles. The highest BCUT2D eigenvalue weighted by Crippen LogP contribution is 2.26. The highest BCUT2D eigenvalue weighted by atomic mass is 32.2. The Morgan fingerprint density at radius 3 is 2.77 bits per heavy atom. The van der Waals surface area contributed by atoms with E-state index in [1.807, 2.05) is 17.5 Å². The van der Waals surface area contributed by atoms with Crippen molar-refractivity contribution in [3.8, 4) is 10.8 Å². The van der Waals surface area contributed by atoms with Gasteiger partial charge >= 0.3 is 0 Å². The van der Waals surface area contributed by atoms with Crippen LogP contribution >= 0.6 is 11.3 Å². The van der Waals surface area contributed by atoms with Gasteiger partial charge in [-0.1, -0.05) is 18.2 Å². The van der Waals surface area contributed by atoms with E-state index in [1.54, 1.807) is 19.1 Å². The minimum Gasteiger partial charge on any atom is -0.440 e. The van der Waals surface area contributed by atoms with Crippen LogP contribution in [0, 0.1) is 12.7 Å². The first-order valence-corrected chi connectivity index (χ1v) is 10.2. The average Bonchev–Trinajstić information content (AvgIpc) is 3.25. The van der Waals surface area contributed by atoms with E-state index in [0.717, 1.165) is 10.4 Å². The molecule has 3 aromatic rings. The second-order valence-electron chi connectivity index (χ2n) is 5.63. The van der Waals surface area contributed by atoms with Gasteiger partial charge in [-0.3, -0.25) is 9.00 Å². The van der Waals surface area contributed by atoms with E-state index in [0.29, 0.717) is 17.3 Å². The maximum atomic E-state index is 12.8. The SMILES string of the molecule is Cc1oc(-c2cccs2)nc1C[S@@](=O)CC(=O)NCc1ccc(F)cc1. The van der Waals surface area contributed by atoms with Crippen molar-refractivity contribution in [2.24, 2.45) is 0 Å². The van der Waals surface area contributed by atoms with Crippen LogP contribution < -0.4 is 5.32 Å². The van der Waals surface area contributed by atoms with Gasteiger partial charge in [0.2, 0.25) is 11.8 Å². The fraction of sp³-hybridized carbons (Fsp3) is 0.222. The number of nitrogens with one attached hydrogen (secondary N) is 1. The van der Waals surface area contributed by atoms with E-state index >= 15 is 0 Å². The number of oxazole rings is 1. The first-order chi connectivity index (χ1) is 12.5. The topological polar surface area (TPSA) is 72.2 Å². The van der Waals surface area contributed by atoms with Gasteiger partial charge in [0.15, 0.2) is 0 Å². The third-order valence-electron chi connectivity index (χ3n) is 3.62. The van der Waals surface area contributed by atoms with Crippen LogP contribution in [0.15, 0.2) is 46.2 Å². The molecule has 3 rings (SSSR count). The Hall–Kier alpha value is -2.32. The molecule has 1 atom stereocenters. The number of rotatable bonds is 7. The summed E-state index contributed by atoms with van der Waals surface area (Å²) in [6.45, 7) is 2.03. The lowest BCUT2D eigenvalue weighted by Gasteiger charge is -2.05. The van der Waals surface area contributed by atoms with Crippen LogP contribution in [0.1, 0.15) is 17.0 Å². The molecule has 8 heteroatoms. The molecule has 0 aliphatic rings. The van der Waals surface area contributed by atoms with Gasteiger partial charge in [0.25, 0.3) is 0 Å². The first-order valence-electron chi connectivity index (χ1n) is 7.87. The summed E-state index contributed by atoms with van der Waals surface area (Å²) in [6, 6.07) is 9.66. The molecule has 0 bridgehead atoms. The van der Waals surface area contributed by atoms with Crippen molar-refractivity contribution in [1.82, 2.24) is 10.3 Å². The smallest absolute Gasteiger partial charge is 0.236 e. The Morgan fingerprint density at radius 1 is 1.31 bits per heavy atom. The number of benzene rings is 1. The zero-order valence-electron chi connectivity index (χ0n) is 14.0. The number of aryl methyl sites for hydroxylation is 1. The summed E-state index contributed by atoms with van der Waals surface area (Å²) < 4.78 is 30.7. The normalized spacial score (nSPS) is 12.1. The molecule has 5 nitrogen and oxygen atoms in total. The van der Waals surface area contributed by atoms with Gasteiger partial charge in [-0.05, 0) is 36.1 Å². The second kappa shape index (κ2) is 8.37. The molecule has 136 valence electrons. The number of carbonyl (C=O) groups is 1. The predicted molar refractivity (Wildman–Crippen MR) is 99.5 cm³/mol. The number of hydrogen-bond acceptors (Lipinski definition) is 5. The Labute approximate surface area is 156 Å². The van der Waals surface area contributed by atoms with E-state index < -0.39 is 10.8 Å². The molecule has 2 aromatic heterocycles. The molecule has 0 spiro atoms. The maximum absolute atomic E-state index is 12.8. The van der Waals surface area contributed by atoms with Crippen LogP contribution in [-0.2, 0) is 27.9 Å². The predicted octanol–water partition coefficient (Wildman–Crippen LogP) is 3.42. The van der Waals surface area contributed by atoms with Gasteiger partial charge in [0, 0.05) is 17.3 Å². The number of hydrogen-bond donors (Lipinski definition) is 1. The summed E-state index contributed by atoms with van der Waals surface area (Å²) in [5.41, 5.74) is 1.37.